The Morgan fingerprint density at radius 1 is 1.12 bits per heavy atom. The summed E-state index contributed by atoms with van der Waals surface area (Å²) in [5.74, 6) is 0. The molecular formula is C16H31N. The number of rotatable bonds is 5. The highest BCUT2D eigenvalue weighted by molar-refractivity contribution is 5.95. The first kappa shape index (κ1) is 16.4. The first-order chi connectivity index (χ1) is 7.57. The second-order valence-corrected chi connectivity index (χ2v) is 7.39. The molecule has 1 nitrogen and oxygen atoms in total. The maximum Gasteiger partial charge on any atom is 0.0505 e. The monoisotopic (exact) mass is 237 g/mol. The third-order valence-corrected chi connectivity index (χ3v) is 2.61. The summed E-state index contributed by atoms with van der Waals surface area (Å²) in [4.78, 5) is 4.88. The van der Waals surface area contributed by atoms with E-state index >= 15 is 0 Å². The van der Waals surface area contributed by atoms with Crippen molar-refractivity contribution in [3.8, 4) is 0 Å². The van der Waals surface area contributed by atoms with Crippen molar-refractivity contribution in [2.45, 2.75) is 73.8 Å². The molecule has 0 aromatic carbocycles. The zero-order valence-electron chi connectivity index (χ0n) is 12.9. The van der Waals surface area contributed by atoms with Crippen LogP contribution in [0.15, 0.2) is 17.6 Å². The van der Waals surface area contributed by atoms with E-state index in [4.69, 9.17) is 4.99 Å². The van der Waals surface area contributed by atoms with E-state index in [0.29, 0.717) is 11.5 Å². The van der Waals surface area contributed by atoms with Gasteiger partial charge in [-0.1, -0.05) is 55.0 Å². The molecule has 100 valence electrons. The first-order valence-electron chi connectivity index (χ1n) is 6.76. The van der Waals surface area contributed by atoms with Gasteiger partial charge in [0.15, 0.2) is 0 Å². The van der Waals surface area contributed by atoms with Gasteiger partial charge in [0.1, 0.15) is 0 Å². The normalized spacial score (nSPS) is 15.8. The van der Waals surface area contributed by atoms with E-state index in [-0.39, 0.29) is 5.41 Å². The molecule has 0 aromatic rings. The van der Waals surface area contributed by atoms with Crippen LogP contribution in [0, 0.1) is 10.8 Å². The highest BCUT2D eigenvalue weighted by Crippen LogP contribution is 2.25. The van der Waals surface area contributed by atoms with Gasteiger partial charge < -0.3 is 0 Å². The molecule has 0 saturated carbocycles. The van der Waals surface area contributed by atoms with E-state index in [2.05, 4.69) is 55.0 Å². The Balaban J connectivity index is 4.72. The molecule has 0 heterocycles. The standard InChI is InChI=1S/C16H31N/c1-9-13(11-15(3,4)5)17-14(10-2)12-16(6,7)8/h9,14H,1,10-12H2,2-8H3. The SMILES string of the molecule is C=CC(CC(C)(C)C)=NC(CC)CC(C)(C)C. The van der Waals surface area contributed by atoms with E-state index in [0.717, 1.165) is 25.0 Å². The predicted molar refractivity (Wildman–Crippen MR) is 79.9 cm³/mol. The molecule has 1 atom stereocenters. The molecule has 1 unspecified atom stereocenters. The predicted octanol–water partition coefficient (Wildman–Crippen LogP) is 5.26. The molecule has 0 N–H and O–H groups in total. The van der Waals surface area contributed by atoms with Crippen LogP contribution in [-0.4, -0.2) is 11.8 Å². The van der Waals surface area contributed by atoms with Gasteiger partial charge in [0.05, 0.1) is 6.04 Å². The van der Waals surface area contributed by atoms with Crippen molar-refractivity contribution in [2.24, 2.45) is 15.8 Å². The summed E-state index contributed by atoms with van der Waals surface area (Å²) in [7, 11) is 0. The molecule has 0 amide bonds. The van der Waals surface area contributed by atoms with Crippen molar-refractivity contribution >= 4 is 5.71 Å². The lowest BCUT2D eigenvalue weighted by Gasteiger charge is -2.24. The Labute approximate surface area is 108 Å². The van der Waals surface area contributed by atoms with Gasteiger partial charge in [0, 0.05) is 5.71 Å². The second kappa shape index (κ2) is 6.37. The van der Waals surface area contributed by atoms with E-state index in [1.165, 1.54) is 0 Å². The van der Waals surface area contributed by atoms with Crippen LogP contribution in [0.3, 0.4) is 0 Å². The summed E-state index contributed by atoms with van der Waals surface area (Å²) in [6, 6.07) is 0.436. The molecule has 0 radical (unpaired) electrons. The van der Waals surface area contributed by atoms with Crippen LogP contribution < -0.4 is 0 Å². The Bertz CT molecular complexity index is 260. The van der Waals surface area contributed by atoms with E-state index in [1.54, 1.807) is 0 Å². The van der Waals surface area contributed by atoms with E-state index in [9.17, 15) is 0 Å². The van der Waals surface area contributed by atoms with Crippen molar-refractivity contribution in [3.63, 3.8) is 0 Å². The van der Waals surface area contributed by atoms with Crippen LogP contribution in [0.1, 0.15) is 67.7 Å². The third-order valence-electron chi connectivity index (χ3n) is 2.61. The summed E-state index contributed by atoms with van der Waals surface area (Å²) < 4.78 is 0. The van der Waals surface area contributed by atoms with Crippen molar-refractivity contribution in [2.75, 3.05) is 0 Å². The molecule has 17 heavy (non-hydrogen) atoms. The van der Waals surface area contributed by atoms with Crippen LogP contribution in [0.2, 0.25) is 0 Å². The average Bonchev–Trinajstić information content (AvgIpc) is 2.11. The molecule has 1 heteroatoms. The van der Waals surface area contributed by atoms with Gasteiger partial charge in [0.2, 0.25) is 0 Å². The minimum Gasteiger partial charge on any atom is -0.286 e. The summed E-state index contributed by atoms with van der Waals surface area (Å²) >= 11 is 0. The molecule has 0 bridgehead atoms. The zero-order valence-corrected chi connectivity index (χ0v) is 12.9. The molecule has 0 aliphatic heterocycles. The fourth-order valence-corrected chi connectivity index (χ4v) is 1.94. The van der Waals surface area contributed by atoms with E-state index < -0.39 is 0 Å². The summed E-state index contributed by atoms with van der Waals surface area (Å²) in [6.45, 7) is 19.7. The van der Waals surface area contributed by atoms with Crippen molar-refractivity contribution in [3.05, 3.63) is 12.7 Å². The van der Waals surface area contributed by atoms with Gasteiger partial charge in [-0.3, -0.25) is 4.99 Å². The summed E-state index contributed by atoms with van der Waals surface area (Å²) in [5.41, 5.74) is 1.79. The van der Waals surface area contributed by atoms with Crippen LogP contribution in [0.4, 0.5) is 0 Å². The largest absolute Gasteiger partial charge is 0.286 e. The molecule has 0 aromatic heterocycles. The Kier molecular flexibility index (Phi) is 6.15. The highest BCUT2D eigenvalue weighted by Gasteiger charge is 2.18. The lowest BCUT2D eigenvalue weighted by atomic mass is 9.86. The van der Waals surface area contributed by atoms with Crippen molar-refractivity contribution in [1.82, 2.24) is 0 Å². The number of aliphatic imine (C=N–C) groups is 1. The Hall–Kier alpha value is -0.590. The topological polar surface area (TPSA) is 12.4 Å². The number of hydrogen-bond acceptors (Lipinski definition) is 1. The van der Waals surface area contributed by atoms with Gasteiger partial charge in [-0.25, -0.2) is 0 Å². The first-order valence-corrected chi connectivity index (χ1v) is 6.76. The Morgan fingerprint density at radius 3 is 1.94 bits per heavy atom. The van der Waals surface area contributed by atoms with Gasteiger partial charge in [0.25, 0.3) is 0 Å². The third kappa shape index (κ3) is 9.14. The number of nitrogens with zero attached hydrogens (tertiary/aromatic N) is 1. The Morgan fingerprint density at radius 2 is 1.65 bits per heavy atom. The molecule has 0 saturated heterocycles. The second-order valence-electron chi connectivity index (χ2n) is 7.39. The van der Waals surface area contributed by atoms with Gasteiger partial charge in [-0.2, -0.15) is 0 Å². The average molecular weight is 237 g/mol. The van der Waals surface area contributed by atoms with E-state index in [1.807, 2.05) is 6.08 Å². The lowest BCUT2D eigenvalue weighted by molar-refractivity contribution is 0.335. The minimum absolute atomic E-state index is 0.285. The minimum atomic E-state index is 0.285. The lowest BCUT2D eigenvalue weighted by Crippen LogP contribution is -2.19. The molecule has 0 spiro atoms. The molecule has 0 aliphatic rings. The summed E-state index contributed by atoms with van der Waals surface area (Å²) in [6.07, 6.45) is 5.19. The maximum absolute atomic E-state index is 4.88. The summed E-state index contributed by atoms with van der Waals surface area (Å²) in [5, 5.41) is 0. The fraction of sp³-hybridized carbons (Fsp3) is 0.812. The van der Waals surface area contributed by atoms with Crippen molar-refractivity contribution in [1.29, 1.82) is 0 Å². The molecular weight excluding hydrogens is 206 g/mol. The van der Waals surface area contributed by atoms with Crippen molar-refractivity contribution < 1.29 is 0 Å². The van der Waals surface area contributed by atoms with Gasteiger partial charge >= 0.3 is 0 Å². The maximum atomic E-state index is 4.88. The number of allylic oxidation sites excluding steroid dienone is 1. The zero-order chi connectivity index (χ0) is 13.7. The number of hydrogen-bond donors (Lipinski definition) is 0. The van der Waals surface area contributed by atoms with Crippen LogP contribution in [0.25, 0.3) is 0 Å². The van der Waals surface area contributed by atoms with Crippen LogP contribution in [0.5, 0.6) is 0 Å². The van der Waals surface area contributed by atoms with Gasteiger partial charge in [-0.15, -0.1) is 0 Å². The molecule has 0 aliphatic carbocycles. The smallest absolute Gasteiger partial charge is 0.0505 e. The quantitative estimate of drug-likeness (QED) is 0.578. The molecule has 0 fully saturated rings. The molecule has 0 rings (SSSR count). The van der Waals surface area contributed by atoms with Crippen LogP contribution >= 0.6 is 0 Å². The van der Waals surface area contributed by atoms with Gasteiger partial charge in [-0.05, 0) is 36.2 Å². The van der Waals surface area contributed by atoms with Crippen LogP contribution in [-0.2, 0) is 0 Å². The fourth-order valence-electron chi connectivity index (χ4n) is 1.94. The highest BCUT2D eigenvalue weighted by atomic mass is 14.8.